The van der Waals surface area contributed by atoms with Crippen LogP contribution < -0.4 is 9.47 Å². The molecular weight excluding hydrogens is 372 g/mol. The van der Waals surface area contributed by atoms with Gasteiger partial charge in [0.25, 0.3) is 0 Å². The predicted molar refractivity (Wildman–Crippen MR) is 124 cm³/mol. The monoisotopic (exact) mass is 412 g/mol. The lowest BCUT2D eigenvalue weighted by atomic mass is 9.80. The summed E-state index contributed by atoms with van der Waals surface area (Å²) in [4.78, 5) is 9.19. The molecule has 2 aromatic heterocycles. The zero-order chi connectivity index (χ0) is 22.4. The molecule has 2 rings (SSSR count). The molecule has 0 radical (unpaired) electrons. The van der Waals surface area contributed by atoms with E-state index in [0.717, 1.165) is 30.8 Å². The van der Waals surface area contributed by atoms with Crippen molar-refractivity contribution >= 4 is 0 Å². The maximum absolute atomic E-state index is 6.22. The first kappa shape index (κ1) is 24.2. The minimum Gasteiger partial charge on any atom is -0.477 e. The first-order valence-corrected chi connectivity index (χ1v) is 11.2. The summed E-state index contributed by atoms with van der Waals surface area (Å²) in [6.45, 7) is 18.1. The molecule has 0 aliphatic heterocycles. The van der Waals surface area contributed by atoms with Crippen LogP contribution in [-0.4, -0.2) is 22.7 Å². The summed E-state index contributed by atoms with van der Waals surface area (Å²) >= 11 is 0. The van der Waals surface area contributed by atoms with Crippen molar-refractivity contribution in [3.63, 3.8) is 0 Å². The van der Waals surface area contributed by atoms with Gasteiger partial charge in [-0.15, -0.1) is 0 Å². The van der Waals surface area contributed by atoms with Crippen LogP contribution >= 0.6 is 0 Å². The minimum atomic E-state index is 0.0134. The summed E-state index contributed by atoms with van der Waals surface area (Å²) in [5.41, 5.74) is 2.43. The third kappa shape index (κ3) is 7.62. The smallest absolute Gasteiger partial charge is 0.213 e. The lowest BCUT2D eigenvalue weighted by molar-refractivity contribution is 0.166. The van der Waals surface area contributed by atoms with Gasteiger partial charge in [-0.05, 0) is 47.6 Å². The Kier molecular flexibility index (Phi) is 8.28. The molecule has 0 N–H and O–H groups in total. The van der Waals surface area contributed by atoms with E-state index in [2.05, 4.69) is 77.5 Å². The van der Waals surface area contributed by atoms with E-state index < -0.39 is 0 Å². The van der Waals surface area contributed by atoms with Crippen LogP contribution in [0.15, 0.2) is 36.5 Å². The fourth-order valence-electron chi connectivity index (χ4n) is 3.16. The van der Waals surface area contributed by atoms with Gasteiger partial charge in [-0.25, -0.2) is 9.97 Å². The highest BCUT2D eigenvalue weighted by atomic mass is 16.5. The summed E-state index contributed by atoms with van der Waals surface area (Å²) in [6.07, 6.45) is 5.05. The molecule has 0 aliphatic carbocycles. The van der Waals surface area contributed by atoms with Crippen LogP contribution in [0.4, 0.5) is 0 Å². The van der Waals surface area contributed by atoms with Crippen LogP contribution in [0.3, 0.4) is 0 Å². The highest BCUT2D eigenvalue weighted by Gasteiger charge is 2.23. The second-order valence-corrected chi connectivity index (χ2v) is 10.4. The Hall–Kier alpha value is -2.10. The molecule has 0 fully saturated rings. The van der Waals surface area contributed by atoms with E-state index in [-0.39, 0.29) is 16.9 Å². The largest absolute Gasteiger partial charge is 0.477 e. The van der Waals surface area contributed by atoms with Crippen molar-refractivity contribution in [3.8, 4) is 11.8 Å². The number of hydrogen-bond acceptors (Lipinski definition) is 4. The summed E-state index contributed by atoms with van der Waals surface area (Å²) in [7, 11) is 0. The molecule has 0 amide bonds. The zero-order valence-electron chi connectivity index (χ0n) is 20.2. The zero-order valence-corrected chi connectivity index (χ0v) is 20.2. The van der Waals surface area contributed by atoms with E-state index in [1.165, 1.54) is 5.56 Å². The van der Waals surface area contributed by atoms with Crippen LogP contribution in [0, 0.1) is 5.41 Å². The van der Waals surface area contributed by atoms with Crippen LogP contribution in [-0.2, 0) is 5.41 Å². The molecule has 4 heteroatoms. The van der Waals surface area contributed by atoms with Gasteiger partial charge in [0.1, 0.15) is 6.10 Å². The molecule has 2 aromatic rings. The first-order chi connectivity index (χ1) is 14.0. The second kappa shape index (κ2) is 10.3. The van der Waals surface area contributed by atoms with E-state index in [4.69, 9.17) is 9.47 Å². The van der Waals surface area contributed by atoms with E-state index in [1.54, 1.807) is 0 Å². The second-order valence-electron chi connectivity index (χ2n) is 10.4. The Balaban J connectivity index is 1.96. The Morgan fingerprint density at radius 2 is 1.70 bits per heavy atom. The predicted octanol–water partition coefficient (Wildman–Crippen LogP) is 6.94. The van der Waals surface area contributed by atoms with Gasteiger partial charge in [-0.3, -0.25) is 0 Å². The fraction of sp³-hybridized carbons (Fsp3) is 0.615. The molecule has 0 saturated carbocycles. The molecule has 166 valence electrons. The molecule has 0 aromatic carbocycles. The van der Waals surface area contributed by atoms with Gasteiger partial charge in [0.2, 0.25) is 11.8 Å². The molecule has 0 spiro atoms. The first-order valence-electron chi connectivity index (χ1n) is 11.2. The quantitative estimate of drug-likeness (QED) is 0.424. The van der Waals surface area contributed by atoms with Crippen molar-refractivity contribution in [3.05, 3.63) is 47.8 Å². The molecule has 0 saturated heterocycles. The van der Waals surface area contributed by atoms with E-state index in [1.807, 2.05) is 24.4 Å². The molecule has 1 unspecified atom stereocenters. The fourth-order valence-corrected chi connectivity index (χ4v) is 3.16. The summed E-state index contributed by atoms with van der Waals surface area (Å²) in [6, 6.07) is 10.2. The average Bonchev–Trinajstić information content (AvgIpc) is 2.69. The molecule has 0 aliphatic rings. The number of rotatable bonds is 10. The van der Waals surface area contributed by atoms with Crippen molar-refractivity contribution in [2.24, 2.45) is 5.41 Å². The van der Waals surface area contributed by atoms with Gasteiger partial charge >= 0.3 is 0 Å². The van der Waals surface area contributed by atoms with Crippen molar-refractivity contribution in [2.45, 2.75) is 92.1 Å². The third-order valence-corrected chi connectivity index (χ3v) is 5.34. The Bertz CT molecular complexity index is 776. The van der Waals surface area contributed by atoms with E-state index >= 15 is 0 Å². The number of nitrogens with zero attached hydrogens (tertiary/aromatic N) is 2. The van der Waals surface area contributed by atoms with Crippen LogP contribution in [0.2, 0.25) is 0 Å². The molecular formula is C26H40N2O2. The van der Waals surface area contributed by atoms with Crippen molar-refractivity contribution in [1.29, 1.82) is 0 Å². The minimum absolute atomic E-state index is 0.0134. The number of pyridine rings is 2. The maximum atomic E-state index is 6.22. The van der Waals surface area contributed by atoms with Gasteiger partial charge < -0.3 is 9.47 Å². The lowest BCUT2D eigenvalue weighted by Gasteiger charge is -2.28. The van der Waals surface area contributed by atoms with Gasteiger partial charge in [0, 0.05) is 24.0 Å². The van der Waals surface area contributed by atoms with Crippen molar-refractivity contribution in [1.82, 2.24) is 9.97 Å². The third-order valence-electron chi connectivity index (χ3n) is 5.34. The molecule has 0 bridgehead atoms. The molecule has 4 nitrogen and oxygen atoms in total. The standard InChI is InChI=1S/C26H40N2O2/c1-9-21(30-24-12-10-11-22(28-24)19(2)3)15-16-26(7,8)20-13-14-23(27-17-20)29-18-25(4,5)6/h10-14,17,19,21H,9,15-16,18H2,1-8H3. The lowest BCUT2D eigenvalue weighted by Crippen LogP contribution is -2.23. The van der Waals surface area contributed by atoms with Gasteiger partial charge in [-0.2, -0.15) is 0 Å². The molecule has 2 heterocycles. The van der Waals surface area contributed by atoms with Gasteiger partial charge in [0.15, 0.2) is 0 Å². The van der Waals surface area contributed by atoms with E-state index in [9.17, 15) is 0 Å². The Morgan fingerprint density at radius 1 is 0.967 bits per heavy atom. The van der Waals surface area contributed by atoms with Crippen molar-refractivity contribution in [2.75, 3.05) is 6.61 Å². The maximum Gasteiger partial charge on any atom is 0.213 e. The van der Waals surface area contributed by atoms with Gasteiger partial charge in [-0.1, -0.05) is 67.5 Å². The van der Waals surface area contributed by atoms with Crippen LogP contribution in [0.5, 0.6) is 11.8 Å². The van der Waals surface area contributed by atoms with Crippen LogP contribution in [0.1, 0.15) is 91.8 Å². The molecule has 1 atom stereocenters. The van der Waals surface area contributed by atoms with Gasteiger partial charge in [0.05, 0.1) is 6.61 Å². The summed E-state index contributed by atoms with van der Waals surface area (Å²) < 4.78 is 12.0. The summed E-state index contributed by atoms with van der Waals surface area (Å²) in [5, 5.41) is 0. The Morgan fingerprint density at radius 3 is 2.27 bits per heavy atom. The average molecular weight is 413 g/mol. The SMILES string of the molecule is CCC(CCC(C)(C)c1ccc(OCC(C)(C)C)nc1)Oc1cccc(C(C)C)n1. The van der Waals surface area contributed by atoms with E-state index in [0.29, 0.717) is 18.4 Å². The van der Waals surface area contributed by atoms with Crippen LogP contribution in [0.25, 0.3) is 0 Å². The highest BCUT2D eigenvalue weighted by Crippen LogP contribution is 2.31. The number of ether oxygens (including phenoxy) is 2. The highest BCUT2D eigenvalue weighted by molar-refractivity contribution is 5.24. The summed E-state index contributed by atoms with van der Waals surface area (Å²) in [5.74, 6) is 1.82. The molecule has 30 heavy (non-hydrogen) atoms. The normalized spacial score (nSPS) is 13.4. The van der Waals surface area contributed by atoms with Crippen molar-refractivity contribution < 1.29 is 9.47 Å². The number of hydrogen-bond donors (Lipinski definition) is 0. The Labute approximate surface area is 183 Å². The topological polar surface area (TPSA) is 44.2 Å². The number of aromatic nitrogens is 2.